The van der Waals surface area contributed by atoms with Crippen molar-refractivity contribution in [2.45, 2.75) is 19.3 Å². The molecular weight excluding hydrogens is 368 g/mol. The summed E-state index contributed by atoms with van der Waals surface area (Å²) in [4.78, 5) is 26.2. The van der Waals surface area contributed by atoms with Gasteiger partial charge in [-0.05, 0) is 48.7 Å². The minimum absolute atomic E-state index is 0.0978. The molecule has 124 valence electrons. The minimum Gasteiger partial charge on any atom is -0.352 e. The minimum atomic E-state index is -0.0978. The smallest absolute Gasteiger partial charge is 0.251 e. The largest absolute Gasteiger partial charge is 0.352 e. The van der Waals surface area contributed by atoms with Gasteiger partial charge < -0.3 is 10.2 Å². The van der Waals surface area contributed by atoms with Crippen LogP contribution in [0.3, 0.4) is 0 Å². The molecule has 5 heteroatoms. The zero-order valence-corrected chi connectivity index (χ0v) is 14.9. The first-order chi connectivity index (χ1) is 11.6. The molecule has 1 heterocycles. The van der Waals surface area contributed by atoms with E-state index in [1.54, 1.807) is 12.1 Å². The van der Waals surface area contributed by atoms with Gasteiger partial charge in [-0.3, -0.25) is 9.59 Å². The molecule has 3 rings (SSSR count). The van der Waals surface area contributed by atoms with Gasteiger partial charge in [0.05, 0.1) is 0 Å². The number of anilines is 1. The van der Waals surface area contributed by atoms with Crippen LogP contribution in [0, 0.1) is 0 Å². The Hall–Kier alpha value is -2.14. The van der Waals surface area contributed by atoms with Crippen LogP contribution in [0.5, 0.6) is 0 Å². The lowest BCUT2D eigenvalue weighted by atomic mass is 10.2. The van der Waals surface area contributed by atoms with Crippen LogP contribution >= 0.6 is 15.9 Å². The summed E-state index contributed by atoms with van der Waals surface area (Å²) in [5.74, 6) is 0.0180. The van der Waals surface area contributed by atoms with Gasteiger partial charge in [-0.25, -0.2) is 0 Å². The van der Waals surface area contributed by atoms with Crippen LogP contribution in [0.15, 0.2) is 53.0 Å². The number of rotatable bonds is 5. The predicted octanol–water partition coefficient (Wildman–Crippen LogP) is 3.55. The van der Waals surface area contributed by atoms with E-state index in [9.17, 15) is 9.59 Å². The maximum absolute atomic E-state index is 12.4. The first kappa shape index (κ1) is 16.7. The quantitative estimate of drug-likeness (QED) is 0.798. The lowest BCUT2D eigenvalue weighted by molar-refractivity contribution is -0.118. The molecule has 0 saturated carbocycles. The third-order valence-electron chi connectivity index (χ3n) is 4.13. The van der Waals surface area contributed by atoms with E-state index in [1.165, 1.54) is 5.56 Å². The molecule has 1 N–H and O–H groups in total. The molecule has 1 aliphatic rings. The van der Waals surface area contributed by atoms with Crippen molar-refractivity contribution in [1.29, 1.82) is 0 Å². The SMILES string of the molecule is O=C(NCCCC(=O)N1CCc2cc(Br)ccc21)c1ccccc1. The topological polar surface area (TPSA) is 49.4 Å². The number of carbonyl (C=O) groups is 2. The average molecular weight is 387 g/mol. The number of hydrogen-bond donors (Lipinski definition) is 1. The molecule has 0 aromatic heterocycles. The maximum atomic E-state index is 12.4. The summed E-state index contributed by atoms with van der Waals surface area (Å²) >= 11 is 3.46. The van der Waals surface area contributed by atoms with Gasteiger partial charge in [0.25, 0.3) is 5.91 Å². The molecule has 4 nitrogen and oxygen atoms in total. The van der Waals surface area contributed by atoms with Crippen molar-refractivity contribution in [2.24, 2.45) is 0 Å². The van der Waals surface area contributed by atoms with Crippen LogP contribution in [0.1, 0.15) is 28.8 Å². The maximum Gasteiger partial charge on any atom is 0.251 e. The Bertz CT molecular complexity index is 746. The van der Waals surface area contributed by atoms with Crippen molar-refractivity contribution in [1.82, 2.24) is 5.32 Å². The Morgan fingerprint density at radius 2 is 1.92 bits per heavy atom. The standard InChI is InChI=1S/C19H19BrN2O2/c20-16-8-9-17-15(13-16)10-12-22(17)18(23)7-4-11-21-19(24)14-5-2-1-3-6-14/h1-3,5-6,8-9,13H,4,7,10-12H2,(H,21,24). The van der Waals surface area contributed by atoms with E-state index in [1.807, 2.05) is 35.2 Å². The second-order valence-electron chi connectivity index (χ2n) is 5.79. The van der Waals surface area contributed by atoms with Gasteiger partial charge in [0, 0.05) is 35.2 Å². The molecule has 0 aliphatic carbocycles. The molecular formula is C19H19BrN2O2. The van der Waals surface area contributed by atoms with Crippen LogP contribution in [0.2, 0.25) is 0 Å². The van der Waals surface area contributed by atoms with E-state index in [0.717, 1.165) is 23.1 Å². The fraction of sp³-hybridized carbons (Fsp3) is 0.263. The lowest BCUT2D eigenvalue weighted by Crippen LogP contribution is -2.30. The Morgan fingerprint density at radius 1 is 1.12 bits per heavy atom. The zero-order chi connectivity index (χ0) is 16.9. The Morgan fingerprint density at radius 3 is 2.71 bits per heavy atom. The molecule has 0 fully saturated rings. The highest BCUT2D eigenvalue weighted by atomic mass is 79.9. The summed E-state index contributed by atoms with van der Waals surface area (Å²) in [5.41, 5.74) is 2.86. The van der Waals surface area contributed by atoms with E-state index in [-0.39, 0.29) is 11.8 Å². The number of carbonyl (C=O) groups excluding carboxylic acids is 2. The second-order valence-corrected chi connectivity index (χ2v) is 6.71. The monoisotopic (exact) mass is 386 g/mol. The van der Waals surface area contributed by atoms with Gasteiger partial charge in [0.1, 0.15) is 0 Å². The van der Waals surface area contributed by atoms with Crippen molar-refractivity contribution >= 4 is 33.4 Å². The van der Waals surface area contributed by atoms with Gasteiger partial charge in [0.2, 0.25) is 5.91 Å². The number of nitrogens with one attached hydrogen (secondary N) is 1. The Kier molecular flexibility index (Phi) is 5.30. The van der Waals surface area contributed by atoms with Crippen LogP contribution in [-0.2, 0) is 11.2 Å². The van der Waals surface area contributed by atoms with Crippen molar-refractivity contribution in [3.63, 3.8) is 0 Å². The van der Waals surface area contributed by atoms with E-state index in [2.05, 4.69) is 27.3 Å². The summed E-state index contributed by atoms with van der Waals surface area (Å²) < 4.78 is 1.04. The summed E-state index contributed by atoms with van der Waals surface area (Å²) in [6.07, 6.45) is 1.97. The van der Waals surface area contributed by atoms with Crippen LogP contribution in [0.25, 0.3) is 0 Å². The lowest BCUT2D eigenvalue weighted by Gasteiger charge is -2.17. The van der Waals surface area contributed by atoms with Gasteiger partial charge in [0.15, 0.2) is 0 Å². The van der Waals surface area contributed by atoms with Gasteiger partial charge >= 0.3 is 0 Å². The molecule has 0 radical (unpaired) electrons. The Labute approximate surface area is 150 Å². The molecule has 1 aliphatic heterocycles. The van der Waals surface area contributed by atoms with E-state index < -0.39 is 0 Å². The Balaban J connectivity index is 1.47. The molecule has 0 saturated heterocycles. The third-order valence-corrected chi connectivity index (χ3v) is 4.62. The van der Waals surface area contributed by atoms with E-state index in [4.69, 9.17) is 0 Å². The first-order valence-electron chi connectivity index (χ1n) is 8.07. The zero-order valence-electron chi connectivity index (χ0n) is 13.3. The van der Waals surface area contributed by atoms with Gasteiger partial charge in [-0.2, -0.15) is 0 Å². The average Bonchev–Trinajstić information content (AvgIpc) is 3.02. The number of benzene rings is 2. The van der Waals surface area contributed by atoms with Crippen LogP contribution < -0.4 is 10.2 Å². The van der Waals surface area contributed by atoms with Crippen molar-refractivity contribution < 1.29 is 9.59 Å². The van der Waals surface area contributed by atoms with E-state index in [0.29, 0.717) is 24.9 Å². The summed E-state index contributed by atoms with van der Waals surface area (Å²) in [7, 11) is 0. The molecule has 0 unspecified atom stereocenters. The van der Waals surface area contributed by atoms with Crippen LogP contribution in [-0.4, -0.2) is 24.9 Å². The molecule has 0 bridgehead atoms. The number of fused-ring (bicyclic) bond motifs is 1. The number of hydrogen-bond acceptors (Lipinski definition) is 2. The molecule has 2 amide bonds. The van der Waals surface area contributed by atoms with Crippen LogP contribution in [0.4, 0.5) is 5.69 Å². The highest BCUT2D eigenvalue weighted by molar-refractivity contribution is 9.10. The fourth-order valence-corrected chi connectivity index (χ4v) is 3.31. The number of nitrogens with zero attached hydrogens (tertiary/aromatic N) is 1. The van der Waals surface area contributed by atoms with Crippen molar-refractivity contribution in [3.8, 4) is 0 Å². The fourth-order valence-electron chi connectivity index (χ4n) is 2.90. The molecule has 0 atom stereocenters. The number of halogens is 1. The number of amides is 2. The summed E-state index contributed by atoms with van der Waals surface area (Å²) in [6.45, 7) is 1.24. The second kappa shape index (κ2) is 7.62. The van der Waals surface area contributed by atoms with Crippen molar-refractivity contribution in [3.05, 3.63) is 64.1 Å². The van der Waals surface area contributed by atoms with Crippen molar-refractivity contribution in [2.75, 3.05) is 18.0 Å². The van der Waals surface area contributed by atoms with E-state index >= 15 is 0 Å². The highest BCUT2D eigenvalue weighted by Gasteiger charge is 2.24. The predicted molar refractivity (Wildman–Crippen MR) is 98.2 cm³/mol. The third kappa shape index (κ3) is 3.85. The molecule has 0 spiro atoms. The summed E-state index contributed by atoms with van der Waals surface area (Å²) in [6, 6.07) is 15.1. The van der Waals surface area contributed by atoms with Gasteiger partial charge in [-0.15, -0.1) is 0 Å². The summed E-state index contributed by atoms with van der Waals surface area (Å²) in [5, 5.41) is 2.86. The molecule has 24 heavy (non-hydrogen) atoms. The molecule has 2 aromatic rings. The molecule has 2 aromatic carbocycles. The first-order valence-corrected chi connectivity index (χ1v) is 8.86. The van der Waals surface area contributed by atoms with Gasteiger partial charge in [-0.1, -0.05) is 34.1 Å². The normalized spacial score (nSPS) is 12.8. The highest BCUT2D eigenvalue weighted by Crippen LogP contribution is 2.30.